The fourth-order valence-corrected chi connectivity index (χ4v) is 3.38. The number of benzene rings is 1. The van der Waals surface area contributed by atoms with Gasteiger partial charge in [0.2, 0.25) is 0 Å². The van der Waals surface area contributed by atoms with Crippen LogP contribution in [0.2, 0.25) is 0 Å². The van der Waals surface area contributed by atoms with Gasteiger partial charge >= 0.3 is 12.2 Å². The molecular formula is C18H24F3N3O. The Labute approximate surface area is 146 Å². The maximum Gasteiger partial charge on any atom is 0.401 e. The van der Waals surface area contributed by atoms with E-state index < -0.39 is 12.7 Å². The van der Waals surface area contributed by atoms with Crippen molar-refractivity contribution in [1.82, 2.24) is 15.1 Å². The number of urea groups is 1. The summed E-state index contributed by atoms with van der Waals surface area (Å²) < 4.78 is 37.3. The molecule has 2 aliphatic rings. The van der Waals surface area contributed by atoms with Crippen molar-refractivity contribution < 1.29 is 18.0 Å². The number of carbonyl (C=O) groups excluding carboxylic acids is 1. The van der Waals surface area contributed by atoms with Crippen LogP contribution in [0.25, 0.3) is 0 Å². The lowest BCUT2D eigenvalue weighted by atomic mass is 10.0. The molecule has 1 aromatic rings. The molecular weight excluding hydrogens is 331 g/mol. The quantitative estimate of drug-likeness (QED) is 0.901. The summed E-state index contributed by atoms with van der Waals surface area (Å²) in [5.74, 6) is 0. The van der Waals surface area contributed by atoms with E-state index in [0.717, 1.165) is 19.3 Å². The maximum absolute atomic E-state index is 12.5. The fourth-order valence-electron chi connectivity index (χ4n) is 3.38. The van der Waals surface area contributed by atoms with Crippen LogP contribution in [-0.4, -0.2) is 60.3 Å². The van der Waals surface area contributed by atoms with E-state index in [-0.39, 0.29) is 24.7 Å². The first kappa shape index (κ1) is 18.0. The topological polar surface area (TPSA) is 35.6 Å². The smallest absolute Gasteiger partial charge is 0.332 e. The van der Waals surface area contributed by atoms with E-state index in [2.05, 4.69) is 17.4 Å². The predicted molar refractivity (Wildman–Crippen MR) is 89.4 cm³/mol. The van der Waals surface area contributed by atoms with Gasteiger partial charge in [0, 0.05) is 31.7 Å². The third kappa shape index (κ3) is 5.11. The molecule has 3 rings (SSSR count). The van der Waals surface area contributed by atoms with Crippen molar-refractivity contribution in [2.24, 2.45) is 0 Å². The van der Waals surface area contributed by atoms with Crippen molar-refractivity contribution >= 4 is 6.03 Å². The van der Waals surface area contributed by atoms with Crippen LogP contribution in [0, 0.1) is 6.92 Å². The first-order chi connectivity index (χ1) is 11.7. The first-order valence-electron chi connectivity index (χ1n) is 8.66. The van der Waals surface area contributed by atoms with E-state index in [1.807, 2.05) is 19.1 Å². The number of rotatable bonds is 4. The SMILES string of the molecule is Cc1cccc(CC2(NC(=O)N3CCN(CC(F)(F)F)CC3)CC2)c1. The number of amides is 2. The van der Waals surface area contributed by atoms with Crippen LogP contribution in [0.4, 0.5) is 18.0 Å². The number of piperazine rings is 1. The third-order valence-corrected chi connectivity index (χ3v) is 4.91. The molecule has 7 heteroatoms. The van der Waals surface area contributed by atoms with Crippen molar-refractivity contribution in [3.8, 4) is 0 Å². The van der Waals surface area contributed by atoms with Gasteiger partial charge in [0.25, 0.3) is 0 Å². The fraction of sp³-hybridized carbons (Fsp3) is 0.611. The van der Waals surface area contributed by atoms with Gasteiger partial charge in [-0.2, -0.15) is 13.2 Å². The van der Waals surface area contributed by atoms with Crippen LogP contribution in [-0.2, 0) is 6.42 Å². The summed E-state index contributed by atoms with van der Waals surface area (Å²) in [6.07, 6.45) is -1.49. The number of nitrogens with zero attached hydrogens (tertiary/aromatic N) is 2. The number of carbonyl (C=O) groups is 1. The van der Waals surface area contributed by atoms with Crippen molar-refractivity contribution in [1.29, 1.82) is 0 Å². The summed E-state index contributed by atoms with van der Waals surface area (Å²) in [5.41, 5.74) is 2.21. The molecule has 0 bridgehead atoms. The molecule has 1 saturated heterocycles. The second kappa shape index (κ2) is 6.86. The van der Waals surface area contributed by atoms with Gasteiger partial charge in [-0.25, -0.2) is 4.79 Å². The average molecular weight is 355 g/mol. The Morgan fingerprint density at radius 1 is 1.20 bits per heavy atom. The Hall–Kier alpha value is -1.76. The molecule has 25 heavy (non-hydrogen) atoms. The highest BCUT2D eigenvalue weighted by molar-refractivity contribution is 5.75. The molecule has 4 nitrogen and oxygen atoms in total. The van der Waals surface area contributed by atoms with Gasteiger partial charge in [-0.3, -0.25) is 4.90 Å². The minimum Gasteiger partial charge on any atom is -0.332 e. The van der Waals surface area contributed by atoms with Gasteiger partial charge in [-0.1, -0.05) is 29.8 Å². The molecule has 2 fully saturated rings. The van der Waals surface area contributed by atoms with Crippen LogP contribution < -0.4 is 5.32 Å². The Kier molecular flexibility index (Phi) is 4.95. The number of aryl methyl sites for hydroxylation is 1. The van der Waals surface area contributed by atoms with Crippen molar-refractivity contribution in [3.63, 3.8) is 0 Å². The third-order valence-electron chi connectivity index (χ3n) is 4.91. The number of halogens is 3. The number of nitrogens with one attached hydrogen (secondary N) is 1. The Balaban J connectivity index is 1.49. The van der Waals surface area contributed by atoms with Gasteiger partial charge in [0.1, 0.15) is 0 Å². The highest BCUT2D eigenvalue weighted by atomic mass is 19.4. The van der Waals surface area contributed by atoms with E-state index in [4.69, 9.17) is 0 Å². The van der Waals surface area contributed by atoms with E-state index in [9.17, 15) is 18.0 Å². The molecule has 0 radical (unpaired) electrons. The molecule has 1 N–H and O–H groups in total. The highest BCUT2D eigenvalue weighted by Crippen LogP contribution is 2.39. The molecule has 0 atom stereocenters. The van der Waals surface area contributed by atoms with E-state index in [1.54, 1.807) is 4.90 Å². The number of hydrogen-bond acceptors (Lipinski definition) is 2. The van der Waals surface area contributed by atoms with E-state index in [0.29, 0.717) is 13.1 Å². The second-order valence-corrected chi connectivity index (χ2v) is 7.25. The molecule has 0 unspecified atom stereocenters. The normalized spacial score (nSPS) is 20.4. The monoisotopic (exact) mass is 355 g/mol. The second-order valence-electron chi connectivity index (χ2n) is 7.25. The van der Waals surface area contributed by atoms with Crippen LogP contribution in [0.15, 0.2) is 24.3 Å². The van der Waals surface area contributed by atoms with Crippen LogP contribution in [0.5, 0.6) is 0 Å². The maximum atomic E-state index is 12.5. The zero-order valence-corrected chi connectivity index (χ0v) is 14.4. The lowest BCUT2D eigenvalue weighted by Crippen LogP contribution is -2.55. The lowest BCUT2D eigenvalue weighted by Gasteiger charge is -2.35. The minimum absolute atomic E-state index is 0.156. The highest BCUT2D eigenvalue weighted by Gasteiger charge is 2.45. The summed E-state index contributed by atoms with van der Waals surface area (Å²) >= 11 is 0. The minimum atomic E-state index is -4.18. The van der Waals surface area contributed by atoms with Gasteiger partial charge in [-0.15, -0.1) is 0 Å². The molecule has 1 aliphatic heterocycles. The summed E-state index contributed by atoms with van der Waals surface area (Å²) in [6, 6.07) is 8.10. The number of alkyl halides is 3. The molecule has 0 aromatic heterocycles. The average Bonchev–Trinajstić information content (AvgIpc) is 3.25. The Morgan fingerprint density at radius 3 is 2.44 bits per heavy atom. The summed E-state index contributed by atoms with van der Waals surface area (Å²) in [5, 5.41) is 3.11. The van der Waals surface area contributed by atoms with Gasteiger partial charge in [0.05, 0.1) is 6.54 Å². The van der Waals surface area contributed by atoms with Crippen LogP contribution in [0.1, 0.15) is 24.0 Å². The van der Waals surface area contributed by atoms with Gasteiger partial charge in [-0.05, 0) is 31.7 Å². The zero-order valence-electron chi connectivity index (χ0n) is 14.4. The number of hydrogen-bond donors (Lipinski definition) is 1. The lowest BCUT2D eigenvalue weighted by molar-refractivity contribution is -0.148. The molecule has 1 aromatic carbocycles. The predicted octanol–water partition coefficient (Wildman–Crippen LogP) is 2.96. The molecule has 138 valence electrons. The van der Waals surface area contributed by atoms with Crippen molar-refractivity contribution in [2.75, 3.05) is 32.7 Å². The largest absolute Gasteiger partial charge is 0.401 e. The molecule has 1 aliphatic carbocycles. The summed E-state index contributed by atoms with van der Waals surface area (Å²) in [6.45, 7) is 2.34. The van der Waals surface area contributed by atoms with Crippen LogP contribution in [0.3, 0.4) is 0 Å². The molecule has 0 spiro atoms. The van der Waals surface area contributed by atoms with Crippen molar-refractivity contribution in [2.45, 2.75) is 37.9 Å². The first-order valence-corrected chi connectivity index (χ1v) is 8.66. The zero-order chi connectivity index (χ0) is 18.1. The molecule has 2 amide bonds. The van der Waals surface area contributed by atoms with Crippen molar-refractivity contribution in [3.05, 3.63) is 35.4 Å². The van der Waals surface area contributed by atoms with E-state index >= 15 is 0 Å². The molecule has 1 heterocycles. The molecule has 1 saturated carbocycles. The van der Waals surface area contributed by atoms with Crippen LogP contribution >= 0.6 is 0 Å². The Bertz CT molecular complexity index is 620. The van der Waals surface area contributed by atoms with E-state index in [1.165, 1.54) is 16.0 Å². The summed E-state index contributed by atoms with van der Waals surface area (Å²) in [7, 11) is 0. The van der Waals surface area contributed by atoms with Gasteiger partial charge in [0.15, 0.2) is 0 Å². The van der Waals surface area contributed by atoms with Gasteiger partial charge < -0.3 is 10.2 Å². The summed E-state index contributed by atoms with van der Waals surface area (Å²) in [4.78, 5) is 15.5. The standard InChI is InChI=1S/C18H24F3N3O/c1-14-3-2-4-15(11-14)12-17(5-6-17)22-16(25)24-9-7-23(8-10-24)13-18(19,20)21/h2-4,11H,5-10,12-13H2,1H3,(H,22,25). The Morgan fingerprint density at radius 2 is 1.88 bits per heavy atom.